The predicted octanol–water partition coefficient (Wildman–Crippen LogP) is 0.919. The third kappa shape index (κ3) is 2.34. The summed E-state index contributed by atoms with van der Waals surface area (Å²) < 4.78 is 0. The van der Waals surface area contributed by atoms with Gasteiger partial charge < -0.3 is 15.9 Å². The van der Waals surface area contributed by atoms with E-state index in [-0.39, 0.29) is 0 Å². The van der Waals surface area contributed by atoms with Crippen LogP contribution >= 0.6 is 0 Å². The van der Waals surface area contributed by atoms with Gasteiger partial charge in [0.05, 0.1) is 5.69 Å². The van der Waals surface area contributed by atoms with Gasteiger partial charge in [-0.15, -0.1) is 0 Å². The van der Waals surface area contributed by atoms with Crippen LogP contribution in [0.25, 0.3) is 0 Å². The van der Waals surface area contributed by atoms with E-state index in [9.17, 15) is 10.2 Å². The second-order valence-electron chi connectivity index (χ2n) is 3.82. The molecule has 4 heteroatoms. The Bertz CT molecular complexity index is 471. The van der Waals surface area contributed by atoms with Crippen molar-refractivity contribution in [2.75, 3.05) is 0 Å². The molecule has 0 spiro atoms. The maximum Gasteiger partial charge on any atom is 0.211 e. The molecule has 0 aliphatic heterocycles. The van der Waals surface area contributed by atoms with E-state index in [1.54, 1.807) is 54.7 Å². The van der Waals surface area contributed by atoms with Gasteiger partial charge in [-0.05, 0) is 12.1 Å². The van der Waals surface area contributed by atoms with E-state index in [1.165, 1.54) is 0 Å². The summed E-state index contributed by atoms with van der Waals surface area (Å²) in [6, 6.07) is 12.6. The average molecular weight is 230 g/mol. The largest absolute Gasteiger partial charge is 0.360 e. The molecule has 1 atom stereocenters. The molecular weight excluding hydrogens is 216 g/mol. The van der Waals surface area contributed by atoms with Crippen molar-refractivity contribution in [2.24, 2.45) is 5.73 Å². The Kier molecular flexibility index (Phi) is 3.19. The van der Waals surface area contributed by atoms with E-state index < -0.39 is 11.8 Å². The zero-order valence-corrected chi connectivity index (χ0v) is 9.19. The number of hydrogen-bond acceptors (Lipinski definition) is 4. The van der Waals surface area contributed by atoms with Gasteiger partial charge in [0.25, 0.3) is 0 Å². The Hall–Kier alpha value is -1.75. The molecule has 1 aromatic carbocycles. The second kappa shape index (κ2) is 4.63. The maximum atomic E-state index is 10.1. The monoisotopic (exact) mass is 230 g/mol. The van der Waals surface area contributed by atoms with E-state index >= 15 is 0 Å². The highest BCUT2D eigenvalue weighted by atomic mass is 16.5. The SMILES string of the molecule is NC(c1ccccn1)C(O)(O)c1ccccc1. The fourth-order valence-electron chi connectivity index (χ4n) is 1.63. The van der Waals surface area contributed by atoms with Gasteiger partial charge in [-0.2, -0.15) is 0 Å². The maximum absolute atomic E-state index is 10.1. The average Bonchev–Trinajstić information content (AvgIpc) is 2.40. The molecular formula is C13H14N2O2. The molecule has 88 valence electrons. The quantitative estimate of drug-likeness (QED) is 0.685. The highest BCUT2D eigenvalue weighted by molar-refractivity contribution is 5.24. The van der Waals surface area contributed by atoms with E-state index in [0.717, 1.165) is 0 Å². The predicted molar refractivity (Wildman–Crippen MR) is 63.7 cm³/mol. The molecule has 1 unspecified atom stereocenters. The van der Waals surface area contributed by atoms with Crippen molar-refractivity contribution in [3.8, 4) is 0 Å². The summed E-state index contributed by atoms with van der Waals surface area (Å²) in [6.45, 7) is 0. The minimum atomic E-state index is -2.13. The van der Waals surface area contributed by atoms with Gasteiger partial charge in [0.2, 0.25) is 5.79 Å². The minimum absolute atomic E-state index is 0.346. The van der Waals surface area contributed by atoms with Crippen LogP contribution in [0.1, 0.15) is 17.3 Å². The summed E-state index contributed by atoms with van der Waals surface area (Å²) in [5.74, 6) is -2.13. The zero-order valence-electron chi connectivity index (χ0n) is 9.19. The van der Waals surface area contributed by atoms with Crippen LogP contribution in [0.4, 0.5) is 0 Å². The molecule has 1 aromatic heterocycles. The van der Waals surface area contributed by atoms with Crippen molar-refractivity contribution in [2.45, 2.75) is 11.8 Å². The lowest BCUT2D eigenvalue weighted by molar-refractivity contribution is -0.188. The van der Waals surface area contributed by atoms with Crippen molar-refractivity contribution >= 4 is 0 Å². The topological polar surface area (TPSA) is 79.4 Å². The van der Waals surface area contributed by atoms with E-state index in [2.05, 4.69) is 4.98 Å². The summed E-state index contributed by atoms with van der Waals surface area (Å²) in [5.41, 5.74) is 6.62. The van der Waals surface area contributed by atoms with Gasteiger partial charge >= 0.3 is 0 Å². The number of rotatable bonds is 3. The molecule has 2 rings (SSSR count). The molecule has 1 heterocycles. The molecule has 4 nitrogen and oxygen atoms in total. The molecule has 0 amide bonds. The Morgan fingerprint density at radius 3 is 2.24 bits per heavy atom. The summed E-state index contributed by atoms with van der Waals surface area (Å²) in [7, 11) is 0. The molecule has 0 bridgehead atoms. The third-order valence-electron chi connectivity index (χ3n) is 2.64. The highest BCUT2D eigenvalue weighted by Crippen LogP contribution is 2.29. The molecule has 0 fully saturated rings. The second-order valence-corrected chi connectivity index (χ2v) is 3.82. The summed E-state index contributed by atoms with van der Waals surface area (Å²) in [4.78, 5) is 4.03. The van der Waals surface area contributed by atoms with Gasteiger partial charge in [-0.1, -0.05) is 36.4 Å². The van der Waals surface area contributed by atoms with Crippen molar-refractivity contribution in [3.05, 3.63) is 66.0 Å². The molecule has 0 aliphatic carbocycles. The molecule has 0 saturated heterocycles. The van der Waals surface area contributed by atoms with Crippen LogP contribution in [0.15, 0.2) is 54.7 Å². The van der Waals surface area contributed by atoms with E-state index in [4.69, 9.17) is 5.73 Å². The lowest BCUT2D eigenvalue weighted by atomic mass is 9.96. The van der Waals surface area contributed by atoms with Crippen molar-refractivity contribution in [1.82, 2.24) is 4.98 Å². The first-order chi connectivity index (χ1) is 8.12. The van der Waals surface area contributed by atoms with Gasteiger partial charge in [-0.25, -0.2) is 0 Å². The molecule has 0 saturated carbocycles. The highest BCUT2D eigenvalue weighted by Gasteiger charge is 2.35. The van der Waals surface area contributed by atoms with Crippen LogP contribution in [0, 0.1) is 0 Å². The molecule has 2 aromatic rings. The molecule has 0 radical (unpaired) electrons. The first-order valence-electron chi connectivity index (χ1n) is 5.29. The number of nitrogens with zero attached hydrogens (tertiary/aromatic N) is 1. The first-order valence-corrected chi connectivity index (χ1v) is 5.29. The van der Waals surface area contributed by atoms with Crippen LogP contribution in [0.2, 0.25) is 0 Å². The number of pyridine rings is 1. The van der Waals surface area contributed by atoms with E-state index in [0.29, 0.717) is 11.3 Å². The molecule has 17 heavy (non-hydrogen) atoms. The fourth-order valence-corrected chi connectivity index (χ4v) is 1.63. The lowest BCUT2D eigenvalue weighted by Crippen LogP contribution is -2.38. The minimum Gasteiger partial charge on any atom is -0.360 e. The number of aliphatic hydroxyl groups is 2. The first kappa shape index (κ1) is 11.7. The molecule has 0 aliphatic rings. The van der Waals surface area contributed by atoms with Gasteiger partial charge in [0.15, 0.2) is 0 Å². The lowest BCUT2D eigenvalue weighted by Gasteiger charge is -2.28. The van der Waals surface area contributed by atoms with E-state index in [1.807, 2.05) is 0 Å². The number of hydrogen-bond donors (Lipinski definition) is 3. The summed E-state index contributed by atoms with van der Waals surface area (Å²) in [6.07, 6.45) is 1.57. The van der Waals surface area contributed by atoms with Crippen molar-refractivity contribution < 1.29 is 10.2 Å². The Labute approximate surface area is 99.4 Å². The number of nitrogens with two attached hydrogens (primary N) is 1. The van der Waals surface area contributed by atoms with Gasteiger partial charge in [0.1, 0.15) is 6.04 Å². The third-order valence-corrected chi connectivity index (χ3v) is 2.64. The fraction of sp³-hybridized carbons (Fsp3) is 0.154. The number of benzene rings is 1. The van der Waals surface area contributed by atoms with Crippen molar-refractivity contribution in [1.29, 1.82) is 0 Å². The number of aromatic nitrogens is 1. The summed E-state index contributed by atoms with van der Waals surface area (Å²) in [5, 5.41) is 20.2. The Morgan fingerprint density at radius 1 is 1.00 bits per heavy atom. The zero-order chi connectivity index (χ0) is 12.3. The standard InChI is InChI=1S/C13H14N2O2/c14-12(11-8-4-5-9-15-11)13(16,17)10-6-2-1-3-7-10/h1-9,12,16-17H,14H2. The van der Waals surface area contributed by atoms with Crippen LogP contribution in [-0.2, 0) is 5.79 Å². The van der Waals surface area contributed by atoms with Crippen LogP contribution < -0.4 is 5.73 Å². The van der Waals surface area contributed by atoms with Crippen LogP contribution in [0.5, 0.6) is 0 Å². The van der Waals surface area contributed by atoms with Crippen LogP contribution in [0.3, 0.4) is 0 Å². The van der Waals surface area contributed by atoms with Crippen molar-refractivity contribution in [3.63, 3.8) is 0 Å². The Morgan fingerprint density at radius 2 is 1.65 bits per heavy atom. The molecule has 4 N–H and O–H groups in total. The smallest absolute Gasteiger partial charge is 0.211 e. The van der Waals surface area contributed by atoms with Gasteiger partial charge in [0, 0.05) is 11.8 Å². The normalized spacial score (nSPS) is 13.4. The Balaban J connectivity index is 2.33. The van der Waals surface area contributed by atoms with Gasteiger partial charge in [-0.3, -0.25) is 4.98 Å². The van der Waals surface area contributed by atoms with Crippen LogP contribution in [-0.4, -0.2) is 15.2 Å². The summed E-state index contributed by atoms with van der Waals surface area (Å²) >= 11 is 0.